The van der Waals surface area contributed by atoms with Crippen molar-refractivity contribution >= 4 is 34.7 Å². The first kappa shape index (κ1) is 24.3. The lowest BCUT2D eigenvalue weighted by Gasteiger charge is -2.13. The Labute approximate surface area is 204 Å². The van der Waals surface area contributed by atoms with Gasteiger partial charge in [-0.2, -0.15) is 5.10 Å². The number of hydrogen-bond acceptors (Lipinski definition) is 6. The number of benzene rings is 3. The third-order valence-corrected chi connectivity index (χ3v) is 5.35. The van der Waals surface area contributed by atoms with Crippen molar-refractivity contribution in [3.8, 4) is 23.0 Å². The summed E-state index contributed by atoms with van der Waals surface area (Å²) >= 11 is 2.12. The molecule has 1 amide bonds. The highest BCUT2D eigenvalue weighted by Gasteiger charge is 2.13. The second kappa shape index (κ2) is 11.5. The Hall–Kier alpha value is -3.34. The molecule has 0 aliphatic carbocycles. The Bertz CT molecular complexity index is 1170. The van der Waals surface area contributed by atoms with Crippen LogP contribution in [0.2, 0.25) is 0 Å². The van der Waals surface area contributed by atoms with E-state index in [0.717, 1.165) is 3.57 Å². The average Bonchev–Trinajstić information content (AvgIpc) is 2.82. The van der Waals surface area contributed by atoms with E-state index in [1.165, 1.54) is 39.7 Å². The Morgan fingerprint density at radius 2 is 1.76 bits per heavy atom. The lowest BCUT2D eigenvalue weighted by atomic mass is 10.2. The summed E-state index contributed by atoms with van der Waals surface area (Å²) in [6, 6.07) is 14.6. The highest BCUT2D eigenvalue weighted by Crippen LogP contribution is 2.34. The number of ether oxygens (including phenoxy) is 4. The number of hydrogen-bond donors (Lipinski definition) is 1. The van der Waals surface area contributed by atoms with Crippen molar-refractivity contribution in [3.05, 3.63) is 80.7 Å². The molecule has 1 N–H and O–H groups in total. The number of amides is 1. The SMILES string of the molecule is COc1ccc(C(=O)N/N=C/c2cc(I)c(OCc3cccc(F)c3)c(OC)c2)cc1OC. The largest absolute Gasteiger partial charge is 0.493 e. The predicted molar refractivity (Wildman–Crippen MR) is 131 cm³/mol. The van der Waals surface area contributed by atoms with E-state index in [1.54, 1.807) is 36.4 Å². The fourth-order valence-corrected chi connectivity index (χ4v) is 3.73. The van der Waals surface area contributed by atoms with Crippen LogP contribution in [0.25, 0.3) is 0 Å². The van der Waals surface area contributed by atoms with Crippen LogP contribution in [0.3, 0.4) is 0 Å². The fraction of sp³-hybridized carbons (Fsp3) is 0.167. The monoisotopic (exact) mass is 564 g/mol. The molecule has 3 rings (SSSR count). The van der Waals surface area contributed by atoms with Gasteiger partial charge in [0.05, 0.1) is 31.1 Å². The molecule has 0 saturated carbocycles. The number of carbonyl (C=O) groups is 1. The maximum Gasteiger partial charge on any atom is 0.271 e. The predicted octanol–water partition coefficient (Wildman–Crippen LogP) is 4.80. The van der Waals surface area contributed by atoms with E-state index in [0.29, 0.717) is 39.7 Å². The summed E-state index contributed by atoms with van der Waals surface area (Å²) in [4.78, 5) is 12.4. The van der Waals surface area contributed by atoms with Crippen LogP contribution in [-0.2, 0) is 6.61 Å². The van der Waals surface area contributed by atoms with Gasteiger partial charge in [0.15, 0.2) is 23.0 Å². The van der Waals surface area contributed by atoms with Crippen molar-refractivity contribution < 1.29 is 28.1 Å². The third kappa shape index (κ3) is 6.35. The molecule has 0 unspecified atom stereocenters. The van der Waals surface area contributed by atoms with Crippen molar-refractivity contribution in [1.29, 1.82) is 0 Å². The molecule has 0 aromatic heterocycles. The molecule has 0 fully saturated rings. The molecule has 172 valence electrons. The molecule has 0 heterocycles. The van der Waals surface area contributed by atoms with Gasteiger partial charge >= 0.3 is 0 Å². The van der Waals surface area contributed by atoms with Gasteiger partial charge in [0, 0.05) is 5.56 Å². The van der Waals surface area contributed by atoms with E-state index in [1.807, 2.05) is 6.07 Å². The normalized spacial score (nSPS) is 10.7. The van der Waals surface area contributed by atoms with Crippen LogP contribution < -0.4 is 24.4 Å². The van der Waals surface area contributed by atoms with Gasteiger partial charge in [0.25, 0.3) is 5.91 Å². The highest BCUT2D eigenvalue weighted by molar-refractivity contribution is 14.1. The number of halogens is 2. The number of nitrogens with one attached hydrogen (secondary N) is 1. The standard InChI is InChI=1S/C24H22FIN2O5/c1-30-20-8-7-17(12-21(20)31-2)24(29)28-27-13-16-10-19(26)23(22(11-16)32-3)33-14-15-5-4-6-18(25)9-15/h4-13H,14H2,1-3H3,(H,28,29)/b27-13+. The van der Waals surface area contributed by atoms with Crippen molar-refractivity contribution in [2.45, 2.75) is 6.61 Å². The zero-order chi connectivity index (χ0) is 23.8. The number of nitrogens with zero attached hydrogens (tertiary/aromatic N) is 1. The summed E-state index contributed by atoms with van der Waals surface area (Å²) in [6.07, 6.45) is 1.50. The maximum absolute atomic E-state index is 13.4. The van der Waals surface area contributed by atoms with Crippen LogP contribution in [0, 0.1) is 9.39 Å². The van der Waals surface area contributed by atoms with E-state index in [4.69, 9.17) is 18.9 Å². The van der Waals surface area contributed by atoms with Crippen molar-refractivity contribution in [2.24, 2.45) is 5.10 Å². The smallest absolute Gasteiger partial charge is 0.271 e. The zero-order valence-electron chi connectivity index (χ0n) is 18.2. The molecule has 0 radical (unpaired) electrons. The molecule has 7 nitrogen and oxygen atoms in total. The minimum atomic E-state index is -0.399. The molecular weight excluding hydrogens is 542 g/mol. The van der Waals surface area contributed by atoms with Crippen LogP contribution >= 0.6 is 22.6 Å². The van der Waals surface area contributed by atoms with Gasteiger partial charge < -0.3 is 18.9 Å². The third-order valence-electron chi connectivity index (χ3n) is 4.55. The molecule has 0 bridgehead atoms. The Balaban J connectivity index is 1.69. The quantitative estimate of drug-likeness (QED) is 0.230. The van der Waals surface area contributed by atoms with E-state index < -0.39 is 5.91 Å². The van der Waals surface area contributed by atoms with Crippen LogP contribution in [0.4, 0.5) is 4.39 Å². The van der Waals surface area contributed by atoms with Gasteiger partial charge in [-0.1, -0.05) is 12.1 Å². The molecule has 3 aromatic carbocycles. The van der Waals surface area contributed by atoms with Crippen LogP contribution in [-0.4, -0.2) is 33.5 Å². The van der Waals surface area contributed by atoms with Gasteiger partial charge in [-0.05, 0) is 76.2 Å². The average molecular weight is 564 g/mol. The van der Waals surface area contributed by atoms with Gasteiger partial charge in [-0.3, -0.25) is 4.79 Å². The molecular formula is C24H22FIN2O5. The summed E-state index contributed by atoms with van der Waals surface area (Å²) in [7, 11) is 4.55. The van der Waals surface area contributed by atoms with Crippen LogP contribution in [0.15, 0.2) is 59.7 Å². The van der Waals surface area contributed by atoms with Crippen molar-refractivity contribution in [2.75, 3.05) is 21.3 Å². The Kier molecular flexibility index (Phi) is 8.47. The summed E-state index contributed by atoms with van der Waals surface area (Å²) in [5.74, 6) is 1.28. The van der Waals surface area contributed by atoms with Crippen molar-refractivity contribution in [1.82, 2.24) is 5.43 Å². The van der Waals surface area contributed by atoms with E-state index in [-0.39, 0.29) is 12.4 Å². The molecule has 33 heavy (non-hydrogen) atoms. The summed E-state index contributed by atoms with van der Waals surface area (Å²) in [5, 5.41) is 4.03. The molecule has 0 spiro atoms. The lowest BCUT2D eigenvalue weighted by molar-refractivity contribution is 0.0954. The van der Waals surface area contributed by atoms with E-state index in [9.17, 15) is 9.18 Å². The van der Waals surface area contributed by atoms with E-state index >= 15 is 0 Å². The van der Waals surface area contributed by atoms with Crippen molar-refractivity contribution in [3.63, 3.8) is 0 Å². The molecule has 3 aromatic rings. The number of methoxy groups -OCH3 is 3. The second-order valence-electron chi connectivity index (χ2n) is 6.72. The van der Waals surface area contributed by atoms with Crippen LogP contribution in [0.5, 0.6) is 23.0 Å². The summed E-state index contributed by atoms with van der Waals surface area (Å²) in [5.41, 5.74) is 4.26. The second-order valence-corrected chi connectivity index (χ2v) is 7.88. The molecule has 0 saturated heterocycles. The molecule has 0 aliphatic heterocycles. The molecule has 0 atom stereocenters. The Morgan fingerprint density at radius 3 is 2.45 bits per heavy atom. The van der Waals surface area contributed by atoms with Gasteiger partial charge in [0.2, 0.25) is 0 Å². The first-order valence-corrected chi connectivity index (χ1v) is 10.8. The highest BCUT2D eigenvalue weighted by atomic mass is 127. The minimum absolute atomic E-state index is 0.193. The topological polar surface area (TPSA) is 78.4 Å². The fourth-order valence-electron chi connectivity index (χ4n) is 2.94. The maximum atomic E-state index is 13.4. The number of hydrazone groups is 1. The summed E-state index contributed by atoms with van der Waals surface area (Å²) < 4.78 is 35.9. The van der Waals surface area contributed by atoms with Gasteiger partial charge in [0.1, 0.15) is 12.4 Å². The van der Waals surface area contributed by atoms with Crippen LogP contribution in [0.1, 0.15) is 21.5 Å². The molecule has 0 aliphatic rings. The number of carbonyl (C=O) groups excluding carboxylic acids is 1. The minimum Gasteiger partial charge on any atom is -0.493 e. The summed E-state index contributed by atoms with van der Waals surface area (Å²) in [6.45, 7) is 0.193. The first-order chi connectivity index (χ1) is 15.9. The van der Waals surface area contributed by atoms with E-state index in [2.05, 4.69) is 33.1 Å². The number of rotatable bonds is 9. The zero-order valence-corrected chi connectivity index (χ0v) is 20.4. The lowest BCUT2D eigenvalue weighted by Crippen LogP contribution is -2.17. The first-order valence-electron chi connectivity index (χ1n) is 9.75. The van der Waals surface area contributed by atoms with Gasteiger partial charge in [-0.15, -0.1) is 0 Å². The molecule has 9 heteroatoms. The van der Waals surface area contributed by atoms with Gasteiger partial charge in [-0.25, -0.2) is 9.82 Å². The Morgan fingerprint density at radius 1 is 1.00 bits per heavy atom.